The van der Waals surface area contributed by atoms with Gasteiger partial charge in [-0.1, -0.05) is 6.92 Å². The lowest BCUT2D eigenvalue weighted by molar-refractivity contribution is -0.131. The van der Waals surface area contributed by atoms with Gasteiger partial charge in [0.25, 0.3) is 0 Å². The Labute approximate surface area is 92.6 Å². The molecule has 0 aromatic rings. The lowest BCUT2D eigenvalue weighted by Gasteiger charge is -2.27. The summed E-state index contributed by atoms with van der Waals surface area (Å²) in [4.78, 5) is 16.1. The Hall–Kier alpha value is -0.610. The van der Waals surface area contributed by atoms with E-state index in [2.05, 4.69) is 17.1 Å². The first-order valence-corrected chi connectivity index (χ1v) is 5.74. The van der Waals surface area contributed by atoms with Gasteiger partial charge in [-0.3, -0.25) is 4.79 Å². The maximum Gasteiger partial charge on any atom is 0.240 e. The average Bonchev–Trinajstić information content (AvgIpc) is 2.48. The molecule has 4 nitrogen and oxygen atoms in total. The van der Waals surface area contributed by atoms with Gasteiger partial charge in [0.05, 0.1) is 6.04 Å². The molecule has 15 heavy (non-hydrogen) atoms. The third kappa shape index (κ3) is 3.18. The number of likely N-dealkylation sites (tertiary alicyclic amines) is 1. The van der Waals surface area contributed by atoms with Crippen molar-refractivity contribution in [1.82, 2.24) is 15.1 Å². The minimum atomic E-state index is 0.0552. The van der Waals surface area contributed by atoms with Gasteiger partial charge < -0.3 is 15.1 Å². The molecule has 1 aliphatic heterocycles. The van der Waals surface area contributed by atoms with Crippen LogP contribution in [0, 0.1) is 0 Å². The van der Waals surface area contributed by atoms with Gasteiger partial charge in [0.1, 0.15) is 0 Å². The number of likely N-dealkylation sites (N-methyl/N-ethyl adjacent to an activating group) is 2. The molecular weight excluding hydrogens is 190 g/mol. The van der Waals surface area contributed by atoms with E-state index in [1.54, 1.807) is 0 Å². The minimum absolute atomic E-state index is 0.0552. The topological polar surface area (TPSA) is 35.6 Å². The van der Waals surface area contributed by atoms with Gasteiger partial charge in [-0.15, -0.1) is 0 Å². The van der Waals surface area contributed by atoms with Crippen LogP contribution in [0.4, 0.5) is 0 Å². The molecule has 1 N–H and O–H groups in total. The van der Waals surface area contributed by atoms with E-state index < -0.39 is 0 Å². The van der Waals surface area contributed by atoms with Gasteiger partial charge in [0.2, 0.25) is 5.91 Å². The predicted molar refractivity (Wildman–Crippen MR) is 61.8 cm³/mol. The van der Waals surface area contributed by atoms with Gasteiger partial charge in [-0.05, 0) is 34.0 Å². The number of nitrogens with zero attached hydrogens (tertiary/aromatic N) is 2. The summed E-state index contributed by atoms with van der Waals surface area (Å²) in [6.07, 6.45) is 0.949. The summed E-state index contributed by atoms with van der Waals surface area (Å²) in [5.74, 6) is 0.270. The van der Waals surface area contributed by atoms with Crippen molar-refractivity contribution >= 4 is 5.91 Å². The Morgan fingerprint density at radius 3 is 2.80 bits per heavy atom. The summed E-state index contributed by atoms with van der Waals surface area (Å²) in [5.41, 5.74) is 0. The van der Waals surface area contributed by atoms with E-state index in [0.29, 0.717) is 6.04 Å². The lowest BCUT2D eigenvalue weighted by Crippen LogP contribution is -2.45. The average molecular weight is 213 g/mol. The predicted octanol–water partition coefficient (Wildman–Crippen LogP) is 0.147. The van der Waals surface area contributed by atoms with E-state index in [1.807, 2.05) is 25.9 Å². The summed E-state index contributed by atoms with van der Waals surface area (Å²) in [5, 5.41) is 3.23. The number of carbonyl (C=O) groups excluding carboxylic acids is 1. The van der Waals surface area contributed by atoms with Crippen LogP contribution in [0.15, 0.2) is 0 Å². The van der Waals surface area contributed by atoms with Crippen molar-refractivity contribution in [1.29, 1.82) is 0 Å². The summed E-state index contributed by atoms with van der Waals surface area (Å²) < 4.78 is 0. The van der Waals surface area contributed by atoms with Gasteiger partial charge in [-0.2, -0.15) is 0 Å². The van der Waals surface area contributed by atoms with Gasteiger partial charge in [0.15, 0.2) is 0 Å². The molecule has 88 valence electrons. The highest BCUT2D eigenvalue weighted by molar-refractivity contribution is 5.84. The zero-order valence-corrected chi connectivity index (χ0v) is 10.3. The van der Waals surface area contributed by atoms with Crippen molar-refractivity contribution in [2.75, 3.05) is 33.7 Å². The number of amides is 1. The van der Waals surface area contributed by atoms with E-state index >= 15 is 0 Å². The molecule has 2 unspecified atom stereocenters. The largest absolute Gasteiger partial charge is 0.337 e. The van der Waals surface area contributed by atoms with Crippen molar-refractivity contribution in [2.24, 2.45) is 0 Å². The standard InChI is InChI=1S/C11H23N3O/c1-5-12-10-6-7-14(11(10)15)9(2)8-13(3)4/h9-10,12H,5-8H2,1-4H3. The normalized spacial score (nSPS) is 23.9. The van der Waals surface area contributed by atoms with Crippen LogP contribution in [-0.4, -0.2) is 61.5 Å². The molecule has 0 saturated carbocycles. The Balaban J connectivity index is 2.47. The zero-order valence-electron chi connectivity index (χ0n) is 10.3. The smallest absolute Gasteiger partial charge is 0.240 e. The second-order valence-electron chi connectivity index (χ2n) is 4.54. The van der Waals surface area contributed by atoms with Crippen LogP contribution in [0.25, 0.3) is 0 Å². The van der Waals surface area contributed by atoms with Crippen LogP contribution in [-0.2, 0) is 4.79 Å². The molecule has 1 aliphatic rings. The number of rotatable bonds is 5. The highest BCUT2D eigenvalue weighted by atomic mass is 16.2. The quantitative estimate of drug-likeness (QED) is 0.706. The molecule has 1 fully saturated rings. The van der Waals surface area contributed by atoms with Gasteiger partial charge >= 0.3 is 0 Å². The molecule has 0 aliphatic carbocycles. The number of carbonyl (C=O) groups is 1. The third-order valence-electron chi connectivity index (χ3n) is 2.85. The van der Waals surface area contributed by atoms with Crippen molar-refractivity contribution in [3.05, 3.63) is 0 Å². The number of hydrogen-bond donors (Lipinski definition) is 1. The van der Waals surface area contributed by atoms with Crippen LogP contribution in [0.5, 0.6) is 0 Å². The highest BCUT2D eigenvalue weighted by Gasteiger charge is 2.33. The van der Waals surface area contributed by atoms with E-state index in [0.717, 1.165) is 26.1 Å². The molecule has 0 aromatic carbocycles. The fraction of sp³-hybridized carbons (Fsp3) is 0.909. The molecule has 4 heteroatoms. The Bertz CT molecular complexity index is 218. The van der Waals surface area contributed by atoms with E-state index in [1.165, 1.54) is 0 Å². The molecule has 0 bridgehead atoms. The summed E-state index contributed by atoms with van der Waals surface area (Å²) in [6, 6.07) is 0.371. The Morgan fingerprint density at radius 1 is 1.60 bits per heavy atom. The molecule has 0 spiro atoms. The third-order valence-corrected chi connectivity index (χ3v) is 2.85. The first kappa shape index (κ1) is 12.5. The molecule has 2 atom stereocenters. The zero-order chi connectivity index (χ0) is 11.4. The van der Waals surface area contributed by atoms with Crippen LogP contribution in [0.2, 0.25) is 0 Å². The molecule has 1 amide bonds. The maximum atomic E-state index is 12.0. The van der Waals surface area contributed by atoms with Gasteiger partial charge in [0, 0.05) is 19.1 Å². The first-order valence-electron chi connectivity index (χ1n) is 5.74. The molecule has 1 rings (SSSR count). The van der Waals surface area contributed by atoms with Crippen LogP contribution >= 0.6 is 0 Å². The van der Waals surface area contributed by atoms with E-state index in [4.69, 9.17) is 0 Å². The van der Waals surface area contributed by atoms with Crippen molar-refractivity contribution in [2.45, 2.75) is 32.4 Å². The van der Waals surface area contributed by atoms with Crippen LogP contribution < -0.4 is 5.32 Å². The SMILES string of the molecule is CCNC1CCN(C(C)CN(C)C)C1=O. The second kappa shape index (κ2) is 5.47. The van der Waals surface area contributed by atoms with E-state index in [-0.39, 0.29) is 11.9 Å². The summed E-state index contributed by atoms with van der Waals surface area (Å²) >= 11 is 0. The van der Waals surface area contributed by atoms with Crippen molar-refractivity contribution in [3.8, 4) is 0 Å². The molecule has 1 saturated heterocycles. The minimum Gasteiger partial charge on any atom is -0.337 e. The fourth-order valence-electron chi connectivity index (χ4n) is 2.20. The number of nitrogens with one attached hydrogen (secondary N) is 1. The Kier molecular flexibility index (Phi) is 4.54. The van der Waals surface area contributed by atoms with Crippen molar-refractivity contribution in [3.63, 3.8) is 0 Å². The number of hydrogen-bond acceptors (Lipinski definition) is 3. The summed E-state index contributed by atoms with van der Waals surface area (Å²) in [6.45, 7) is 6.85. The lowest BCUT2D eigenvalue weighted by atomic mass is 10.2. The van der Waals surface area contributed by atoms with E-state index in [9.17, 15) is 4.79 Å². The fourth-order valence-corrected chi connectivity index (χ4v) is 2.20. The molecular formula is C11H23N3O. The molecule has 0 aromatic heterocycles. The maximum absolute atomic E-state index is 12.0. The monoisotopic (exact) mass is 213 g/mol. The molecule has 0 radical (unpaired) electrons. The van der Waals surface area contributed by atoms with Gasteiger partial charge in [-0.25, -0.2) is 0 Å². The molecule has 1 heterocycles. The van der Waals surface area contributed by atoms with Crippen LogP contribution in [0.1, 0.15) is 20.3 Å². The second-order valence-corrected chi connectivity index (χ2v) is 4.54. The van der Waals surface area contributed by atoms with Crippen molar-refractivity contribution < 1.29 is 4.79 Å². The Morgan fingerprint density at radius 2 is 2.27 bits per heavy atom. The van der Waals surface area contributed by atoms with Crippen LogP contribution in [0.3, 0.4) is 0 Å². The first-order chi connectivity index (χ1) is 7.06. The highest BCUT2D eigenvalue weighted by Crippen LogP contribution is 2.14. The summed E-state index contributed by atoms with van der Waals surface area (Å²) in [7, 11) is 4.08.